The van der Waals surface area contributed by atoms with Crippen LogP contribution in [0.5, 0.6) is 5.75 Å². The van der Waals surface area contributed by atoms with Crippen molar-refractivity contribution >= 4 is 11.6 Å². The number of aromatic nitrogens is 2. The molecule has 0 fully saturated rings. The molecule has 0 aliphatic rings. The number of amides is 1. The van der Waals surface area contributed by atoms with Gasteiger partial charge in [0, 0.05) is 13.2 Å². The van der Waals surface area contributed by atoms with Gasteiger partial charge in [-0.25, -0.2) is 0 Å². The first-order valence-corrected chi connectivity index (χ1v) is 6.30. The van der Waals surface area contributed by atoms with Gasteiger partial charge in [0.1, 0.15) is 5.75 Å². The number of anilines is 1. The summed E-state index contributed by atoms with van der Waals surface area (Å²) >= 11 is 0. The lowest BCUT2D eigenvalue weighted by Crippen LogP contribution is -2.37. The molecule has 0 saturated heterocycles. The molecule has 1 aromatic heterocycles. The van der Waals surface area contributed by atoms with Gasteiger partial charge >= 0.3 is 0 Å². The number of hydrogen-bond acceptors (Lipinski definition) is 4. The van der Waals surface area contributed by atoms with Crippen molar-refractivity contribution in [2.45, 2.75) is 19.4 Å². The zero-order valence-corrected chi connectivity index (χ0v) is 11.5. The van der Waals surface area contributed by atoms with Crippen molar-refractivity contribution < 1.29 is 9.90 Å². The number of nitrogens with one attached hydrogen (secondary N) is 1. The summed E-state index contributed by atoms with van der Waals surface area (Å²) in [6.07, 6.45) is 2.14. The Kier molecular flexibility index (Phi) is 4.05. The van der Waals surface area contributed by atoms with Gasteiger partial charge in [-0.1, -0.05) is 12.1 Å². The lowest BCUT2D eigenvalue weighted by molar-refractivity contribution is -0.117. The summed E-state index contributed by atoms with van der Waals surface area (Å²) in [5.74, 6) is -0.0630. The van der Waals surface area contributed by atoms with Crippen molar-refractivity contribution in [3.8, 4) is 5.75 Å². The third-order valence-electron chi connectivity index (χ3n) is 3.00. The molecule has 1 atom stereocenters. The number of rotatable bonds is 4. The van der Waals surface area contributed by atoms with Gasteiger partial charge in [-0.05, 0) is 31.0 Å². The molecule has 0 saturated carbocycles. The van der Waals surface area contributed by atoms with Gasteiger partial charge in [-0.3, -0.25) is 9.48 Å². The summed E-state index contributed by atoms with van der Waals surface area (Å²) in [5.41, 5.74) is 8.20. The fraction of sp³-hybridized carbons (Fsp3) is 0.286. The zero-order valence-electron chi connectivity index (χ0n) is 11.5. The van der Waals surface area contributed by atoms with E-state index in [-0.39, 0.29) is 11.7 Å². The molecule has 1 heterocycles. The SMILES string of the molecule is Cc1nn(C)cc1NC(=O)[C@H](N)Cc1ccc(O)cc1. The van der Waals surface area contributed by atoms with Crippen molar-refractivity contribution in [3.63, 3.8) is 0 Å². The van der Waals surface area contributed by atoms with E-state index in [1.54, 1.807) is 42.2 Å². The van der Waals surface area contributed by atoms with Crippen LogP contribution < -0.4 is 11.1 Å². The van der Waals surface area contributed by atoms with Gasteiger partial charge in [-0.2, -0.15) is 5.10 Å². The summed E-state index contributed by atoms with van der Waals surface area (Å²) < 4.78 is 1.64. The van der Waals surface area contributed by atoms with Crippen LogP contribution in [0.1, 0.15) is 11.3 Å². The molecule has 6 nitrogen and oxygen atoms in total. The standard InChI is InChI=1S/C14H18N4O2/c1-9-13(8-18(2)17-9)16-14(20)12(15)7-10-3-5-11(19)6-4-10/h3-6,8,12,19H,7,15H2,1-2H3,(H,16,20)/t12-/m1/s1. The quantitative estimate of drug-likeness (QED) is 0.773. The predicted molar refractivity (Wildman–Crippen MR) is 76.4 cm³/mol. The predicted octanol–water partition coefficient (Wildman–Crippen LogP) is 0.943. The van der Waals surface area contributed by atoms with Gasteiger partial charge in [-0.15, -0.1) is 0 Å². The van der Waals surface area contributed by atoms with Crippen molar-refractivity contribution in [1.82, 2.24) is 9.78 Å². The van der Waals surface area contributed by atoms with Gasteiger partial charge in [0.2, 0.25) is 5.91 Å². The van der Waals surface area contributed by atoms with E-state index in [4.69, 9.17) is 5.73 Å². The van der Waals surface area contributed by atoms with Gasteiger partial charge in [0.25, 0.3) is 0 Å². The minimum absolute atomic E-state index is 0.192. The van der Waals surface area contributed by atoms with E-state index in [0.717, 1.165) is 11.3 Å². The minimum Gasteiger partial charge on any atom is -0.508 e. The second-order valence-electron chi connectivity index (χ2n) is 4.77. The smallest absolute Gasteiger partial charge is 0.241 e. The summed E-state index contributed by atoms with van der Waals surface area (Å²) in [6, 6.07) is 5.99. The fourth-order valence-electron chi connectivity index (χ4n) is 1.93. The molecule has 0 bridgehead atoms. The molecule has 20 heavy (non-hydrogen) atoms. The fourth-order valence-corrected chi connectivity index (χ4v) is 1.93. The maximum absolute atomic E-state index is 12.0. The maximum atomic E-state index is 12.0. The first-order valence-electron chi connectivity index (χ1n) is 6.30. The van der Waals surface area contributed by atoms with E-state index in [1.165, 1.54) is 0 Å². The Bertz CT molecular complexity index is 604. The van der Waals surface area contributed by atoms with Crippen LogP contribution in [0.3, 0.4) is 0 Å². The zero-order chi connectivity index (χ0) is 14.7. The first kappa shape index (κ1) is 14.1. The van der Waals surface area contributed by atoms with Crippen molar-refractivity contribution in [2.24, 2.45) is 12.8 Å². The molecule has 106 valence electrons. The van der Waals surface area contributed by atoms with E-state index in [2.05, 4.69) is 10.4 Å². The highest BCUT2D eigenvalue weighted by atomic mass is 16.3. The summed E-state index contributed by atoms with van der Waals surface area (Å²) in [7, 11) is 1.79. The van der Waals surface area contributed by atoms with Gasteiger partial charge in [0.15, 0.2) is 0 Å². The number of hydrogen-bond donors (Lipinski definition) is 3. The van der Waals surface area contributed by atoms with Crippen LogP contribution in [-0.2, 0) is 18.3 Å². The van der Waals surface area contributed by atoms with E-state index >= 15 is 0 Å². The number of nitrogens with zero attached hydrogens (tertiary/aromatic N) is 2. The number of carbonyl (C=O) groups is 1. The molecular formula is C14H18N4O2. The average molecular weight is 274 g/mol. The Hall–Kier alpha value is -2.34. The van der Waals surface area contributed by atoms with E-state index in [9.17, 15) is 9.90 Å². The van der Waals surface area contributed by atoms with Gasteiger partial charge in [0.05, 0.1) is 17.4 Å². The molecule has 0 aliphatic heterocycles. The summed E-state index contributed by atoms with van der Waals surface area (Å²) in [4.78, 5) is 12.0. The minimum atomic E-state index is -0.654. The van der Waals surface area contributed by atoms with E-state index in [1.807, 2.05) is 6.92 Å². The monoisotopic (exact) mass is 274 g/mol. The molecular weight excluding hydrogens is 256 g/mol. The highest BCUT2D eigenvalue weighted by molar-refractivity contribution is 5.95. The van der Waals surface area contributed by atoms with E-state index in [0.29, 0.717) is 12.1 Å². The molecule has 0 radical (unpaired) electrons. The number of benzene rings is 1. The van der Waals surface area contributed by atoms with Crippen molar-refractivity contribution in [2.75, 3.05) is 5.32 Å². The number of aromatic hydroxyl groups is 1. The van der Waals surface area contributed by atoms with Crippen LogP contribution in [0.25, 0.3) is 0 Å². The Morgan fingerprint density at radius 2 is 2.10 bits per heavy atom. The van der Waals surface area contributed by atoms with Crippen molar-refractivity contribution in [3.05, 3.63) is 41.7 Å². The molecule has 0 unspecified atom stereocenters. The van der Waals surface area contributed by atoms with Crippen LogP contribution in [-0.4, -0.2) is 26.8 Å². The number of aryl methyl sites for hydroxylation is 2. The molecule has 4 N–H and O–H groups in total. The Morgan fingerprint density at radius 3 is 2.65 bits per heavy atom. The summed E-state index contributed by atoms with van der Waals surface area (Å²) in [5, 5.41) is 16.1. The molecule has 2 aromatic rings. The lowest BCUT2D eigenvalue weighted by Gasteiger charge is -2.11. The Balaban J connectivity index is 1.98. The maximum Gasteiger partial charge on any atom is 0.241 e. The Labute approximate surface area is 117 Å². The number of nitrogens with two attached hydrogens (primary N) is 1. The first-order chi connectivity index (χ1) is 9.45. The Morgan fingerprint density at radius 1 is 1.45 bits per heavy atom. The van der Waals surface area contributed by atoms with Crippen LogP contribution in [0.4, 0.5) is 5.69 Å². The molecule has 1 amide bonds. The topological polar surface area (TPSA) is 93.2 Å². The average Bonchev–Trinajstić information content (AvgIpc) is 2.70. The number of phenols is 1. The second kappa shape index (κ2) is 5.75. The van der Waals surface area contributed by atoms with Crippen LogP contribution in [0.2, 0.25) is 0 Å². The highest BCUT2D eigenvalue weighted by Gasteiger charge is 2.16. The van der Waals surface area contributed by atoms with Crippen molar-refractivity contribution in [1.29, 1.82) is 0 Å². The van der Waals surface area contributed by atoms with Crippen LogP contribution in [0.15, 0.2) is 30.5 Å². The molecule has 1 aromatic carbocycles. The largest absolute Gasteiger partial charge is 0.508 e. The molecule has 0 spiro atoms. The number of phenolic OH excluding ortho intramolecular Hbond substituents is 1. The highest BCUT2D eigenvalue weighted by Crippen LogP contribution is 2.13. The van der Waals surface area contributed by atoms with Crippen LogP contribution >= 0.6 is 0 Å². The number of carbonyl (C=O) groups excluding carboxylic acids is 1. The molecule has 6 heteroatoms. The second-order valence-corrected chi connectivity index (χ2v) is 4.77. The molecule has 2 rings (SSSR count). The third kappa shape index (κ3) is 3.36. The third-order valence-corrected chi connectivity index (χ3v) is 3.00. The van der Waals surface area contributed by atoms with Crippen LogP contribution in [0, 0.1) is 6.92 Å². The molecule has 0 aliphatic carbocycles. The normalized spacial score (nSPS) is 12.2. The van der Waals surface area contributed by atoms with E-state index < -0.39 is 6.04 Å². The van der Waals surface area contributed by atoms with Gasteiger partial charge < -0.3 is 16.2 Å². The summed E-state index contributed by atoms with van der Waals surface area (Å²) in [6.45, 7) is 1.82. The lowest BCUT2D eigenvalue weighted by atomic mass is 10.1.